The summed E-state index contributed by atoms with van der Waals surface area (Å²) in [6, 6.07) is 8.19. The summed E-state index contributed by atoms with van der Waals surface area (Å²) in [4.78, 5) is 25.5. The molecule has 2 unspecified atom stereocenters. The van der Waals surface area contributed by atoms with E-state index >= 15 is 0 Å². The van der Waals surface area contributed by atoms with Crippen molar-refractivity contribution >= 4 is 11.9 Å². The summed E-state index contributed by atoms with van der Waals surface area (Å²) in [5.41, 5.74) is 0.462. The normalized spacial score (nSPS) is 12.6. The van der Waals surface area contributed by atoms with Gasteiger partial charge in [-0.2, -0.15) is 0 Å². The first-order chi connectivity index (χ1) is 26.6. The molecule has 0 aliphatic rings. The summed E-state index contributed by atoms with van der Waals surface area (Å²) >= 11 is 0. The molecule has 2 N–H and O–H groups in total. The van der Waals surface area contributed by atoms with E-state index in [1.54, 1.807) is 30.3 Å². The van der Waals surface area contributed by atoms with Gasteiger partial charge in [0.05, 0.1) is 17.7 Å². The second-order valence-electron chi connectivity index (χ2n) is 16.2. The van der Waals surface area contributed by atoms with Crippen LogP contribution in [0.25, 0.3) is 0 Å². The number of esters is 1. The third-order valence-electron chi connectivity index (χ3n) is 11.0. The molecule has 1 aromatic rings. The molecular weight excluding hydrogens is 667 g/mol. The summed E-state index contributed by atoms with van der Waals surface area (Å²) in [6.07, 6.45) is 46.6. The molecule has 5 nitrogen and oxygen atoms in total. The minimum atomic E-state index is -0.912. The largest absolute Gasteiger partial charge is 0.460 e. The molecule has 0 heterocycles. The third-order valence-corrected chi connectivity index (χ3v) is 11.0. The number of ether oxygens (including phenoxy) is 1. The number of carbonyl (C=O) groups excluding carboxylic acids is 2. The van der Waals surface area contributed by atoms with Crippen LogP contribution in [0.1, 0.15) is 243 Å². The number of nitrogens with one attached hydrogen (secondary N) is 1. The molecule has 0 bridgehead atoms. The Morgan fingerprint density at radius 1 is 0.556 bits per heavy atom. The zero-order chi connectivity index (χ0) is 39.0. The van der Waals surface area contributed by atoms with Crippen molar-refractivity contribution in [2.45, 2.75) is 244 Å². The fraction of sp³-hybridized carbons (Fsp3) is 0.796. The van der Waals surface area contributed by atoms with E-state index in [9.17, 15) is 14.7 Å². The van der Waals surface area contributed by atoms with E-state index in [1.165, 1.54) is 180 Å². The van der Waals surface area contributed by atoms with Crippen LogP contribution in [-0.4, -0.2) is 35.7 Å². The van der Waals surface area contributed by atoms with Gasteiger partial charge in [-0.05, 0) is 31.4 Å². The van der Waals surface area contributed by atoms with Gasteiger partial charge in [0.2, 0.25) is 5.91 Å². The molecule has 5 heteroatoms. The summed E-state index contributed by atoms with van der Waals surface area (Å²) in [6.45, 7) is 4.49. The predicted molar refractivity (Wildman–Crippen MR) is 232 cm³/mol. The molecule has 2 atom stereocenters. The highest BCUT2D eigenvalue weighted by molar-refractivity contribution is 5.89. The van der Waals surface area contributed by atoms with Gasteiger partial charge in [0, 0.05) is 6.42 Å². The quantitative estimate of drug-likeness (QED) is 0.0397. The standard InChI is InChI=1S/C49H87NO4/c1-3-5-7-9-11-13-15-17-18-19-20-21-22-23-24-26-28-30-32-34-39-43-48(52)50-46(44-54-49(53)45-40-36-35-37-41-45)47(51)42-38-33-31-29-27-25-16-14-12-10-8-6-4-2/h35-38,40-42,46-47,51H,3-34,39,43-44H2,1-2H3,(H,50,52). The Kier molecular flexibility index (Phi) is 36.1. The lowest BCUT2D eigenvalue weighted by Crippen LogP contribution is -2.46. The van der Waals surface area contributed by atoms with Gasteiger partial charge >= 0.3 is 5.97 Å². The van der Waals surface area contributed by atoms with E-state index in [1.807, 2.05) is 12.1 Å². The highest BCUT2D eigenvalue weighted by Gasteiger charge is 2.21. The van der Waals surface area contributed by atoms with Gasteiger partial charge in [0.1, 0.15) is 6.61 Å². The third kappa shape index (κ3) is 32.1. The van der Waals surface area contributed by atoms with Crippen LogP contribution in [0, 0.1) is 0 Å². The van der Waals surface area contributed by atoms with E-state index in [0.717, 1.165) is 32.1 Å². The van der Waals surface area contributed by atoms with Gasteiger partial charge in [-0.3, -0.25) is 4.79 Å². The first-order valence-corrected chi connectivity index (χ1v) is 23.4. The van der Waals surface area contributed by atoms with Crippen molar-refractivity contribution in [3.8, 4) is 0 Å². The number of rotatable bonds is 40. The van der Waals surface area contributed by atoms with Crippen LogP contribution in [0.3, 0.4) is 0 Å². The summed E-state index contributed by atoms with van der Waals surface area (Å²) in [5, 5.41) is 13.9. The zero-order valence-electron chi connectivity index (χ0n) is 35.6. The Labute approximate surface area is 334 Å². The molecule has 0 aromatic heterocycles. The lowest BCUT2D eigenvalue weighted by molar-refractivity contribution is -0.123. The number of benzene rings is 1. The average molecular weight is 754 g/mol. The summed E-state index contributed by atoms with van der Waals surface area (Å²) in [5.74, 6) is -0.539. The molecule has 1 aromatic carbocycles. The lowest BCUT2D eigenvalue weighted by Gasteiger charge is -2.22. The smallest absolute Gasteiger partial charge is 0.338 e. The van der Waals surface area contributed by atoms with Crippen molar-refractivity contribution in [2.24, 2.45) is 0 Å². The predicted octanol–water partition coefficient (Wildman–Crippen LogP) is 14.5. The minimum Gasteiger partial charge on any atom is -0.460 e. The van der Waals surface area contributed by atoms with Crippen LogP contribution in [0.5, 0.6) is 0 Å². The molecule has 1 amide bonds. The topological polar surface area (TPSA) is 75.6 Å². The molecule has 0 saturated carbocycles. The molecule has 0 fully saturated rings. The molecule has 0 spiro atoms. The van der Waals surface area contributed by atoms with Crippen LogP contribution in [0.2, 0.25) is 0 Å². The number of aliphatic hydroxyl groups is 1. The molecule has 0 aliphatic heterocycles. The van der Waals surface area contributed by atoms with Crippen molar-refractivity contribution in [2.75, 3.05) is 6.61 Å². The van der Waals surface area contributed by atoms with Gasteiger partial charge in [-0.25, -0.2) is 4.79 Å². The van der Waals surface area contributed by atoms with Crippen molar-refractivity contribution < 1.29 is 19.4 Å². The van der Waals surface area contributed by atoms with Crippen LogP contribution < -0.4 is 5.32 Å². The minimum absolute atomic E-state index is 0.0667. The maximum absolute atomic E-state index is 12.9. The molecule has 1 rings (SSSR count). The molecule has 312 valence electrons. The monoisotopic (exact) mass is 754 g/mol. The van der Waals surface area contributed by atoms with E-state index in [0.29, 0.717) is 12.0 Å². The van der Waals surface area contributed by atoms with Crippen molar-refractivity contribution in [3.63, 3.8) is 0 Å². The van der Waals surface area contributed by atoms with Gasteiger partial charge in [0.15, 0.2) is 0 Å². The highest BCUT2D eigenvalue weighted by Crippen LogP contribution is 2.16. The lowest BCUT2D eigenvalue weighted by atomic mass is 10.0. The highest BCUT2D eigenvalue weighted by atomic mass is 16.5. The number of allylic oxidation sites excluding steroid dienone is 1. The SMILES string of the molecule is CCCCCCCCCCCCCC=CC(O)C(COC(=O)c1ccccc1)NC(=O)CCCCCCCCCCCCCCCCCCCCCCC. The number of amides is 1. The van der Waals surface area contributed by atoms with Gasteiger partial charge in [-0.1, -0.05) is 237 Å². The maximum atomic E-state index is 12.9. The average Bonchev–Trinajstić information content (AvgIpc) is 3.18. The van der Waals surface area contributed by atoms with Gasteiger partial charge in [-0.15, -0.1) is 0 Å². The number of hydrogen-bond acceptors (Lipinski definition) is 4. The fourth-order valence-corrected chi connectivity index (χ4v) is 7.34. The summed E-state index contributed by atoms with van der Waals surface area (Å²) in [7, 11) is 0. The van der Waals surface area contributed by atoms with E-state index in [-0.39, 0.29) is 12.5 Å². The Morgan fingerprint density at radius 3 is 1.33 bits per heavy atom. The van der Waals surface area contributed by atoms with E-state index in [4.69, 9.17) is 4.74 Å². The first kappa shape index (κ1) is 49.9. The second kappa shape index (κ2) is 39.1. The second-order valence-corrected chi connectivity index (χ2v) is 16.2. The van der Waals surface area contributed by atoms with Gasteiger partial charge < -0.3 is 15.2 Å². The van der Waals surface area contributed by atoms with Gasteiger partial charge in [0.25, 0.3) is 0 Å². The number of unbranched alkanes of at least 4 members (excludes halogenated alkanes) is 31. The Hall–Kier alpha value is -2.14. The van der Waals surface area contributed by atoms with Crippen LogP contribution in [-0.2, 0) is 9.53 Å². The summed E-state index contributed by atoms with van der Waals surface area (Å²) < 4.78 is 5.53. The Balaban J connectivity index is 2.17. The molecule has 0 saturated heterocycles. The molecule has 0 radical (unpaired) electrons. The van der Waals surface area contributed by atoms with Crippen molar-refractivity contribution in [1.29, 1.82) is 0 Å². The van der Waals surface area contributed by atoms with Crippen LogP contribution >= 0.6 is 0 Å². The number of carbonyl (C=O) groups is 2. The Morgan fingerprint density at radius 2 is 0.926 bits per heavy atom. The zero-order valence-corrected chi connectivity index (χ0v) is 35.6. The molecule has 54 heavy (non-hydrogen) atoms. The number of hydrogen-bond donors (Lipinski definition) is 2. The van der Waals surface area contributed by atoms with Crippen LogP contribution in [0.15, 0.2) is 42.5 Å². The first-order valence-electron chi connectivity index (χ1n) is 23.4. The van der Waals surface area contributed by atoms with Crippen molar-refractivity contribution in [3.05, 3.63) is 48.0 Å². The van der Waals surface area contributed by atoms with E-state index in [2.05, 4.69) is 19.2 Å². The van der Waals surface area contributed by atoms with Crippen LogP contribution in [0.4, 0.5) is 0 Å². The van der Waals surface area contributed by atoms with Crippen molar-refractivity contribution in [1.82, 2.24) is 5.32 Å². The Bertz CT molecular complexity index is 979. The van der Waals surface area contributed by atoms with E-state index < -0.39 is 18.1 Å². The molecule has 0 aliphatic carbocycles. The molecular formula is C49H87NO4. The maximum Gasteiger partial charge on any atom is 0.338 e. The number of aliphatic hydroxyl groups excluding tert-OH is 1. The fourth-order valence-electron chi connectivity index (χ4n) is 7.34.